The Kier molecular flexibility index (Phi) is 6.46. The van der Waals surface area contributed by atoms with E-state index in [1.54, 1.807) is 0 Å². The first-order valence-electron chi connectivity index (χ1n) is 6.75. The molecule has 0 aromatic rings. The molecule has 0 spiro atoms. The molecule has 0 atom stereocenters. The molecule has 0 saturated heterocycles. The molecule has 16 heavy (non-hydrogen) atoms. The van der Waals surface area contributed by atoms with Crippen LogP contribution in [-0.2, 0) is 4.79 Å². The molecule has 1 rings (SSSR count). The fourth-order valence-electron chi connectivity index (χ4n) is 2.48. The highest BCUT2D eigenvalue weighted by Crippen LogP contribution is 2.24. The standard InChI is InChI=1S/C13H26N2O/c1-2-3-9-15(13(16)10-14)11-12-7-5-4-6-8-12/h12H,2-11,14H2,1H3. The van der Waals surface area contributed by atoms with E-state index in [0.717, 1.165) is 31.8 Å². The van der Waals surface area contributed by atoms with E-state index >= 15 is 0 Å². The molecule has 3 nitrogen and oxygen atoms in total. The van der Waals surface area contributed by atoms with Gasteiger partial charge in [0.2, 0.25) is 5.91 Å². The maximum absolute atomic E-state index is 11.7. The smallest absolute Gasteiger partial charge is 0.236 e. The van der Waals surface area contributed by atoms with Gasteiger partial charge in [0.15, 0.2) is 0 Å². The lowest BCUT2D eigenvalue weighted by Gasteiger charge is -2.29. The summed E-state index contributed by atoms with van der Waals surface area (Å²) in [6, 6.07) is 0. The summed E-state index contributed by atoms with van der Waals surface area (Å²) in [5.41, 5.74) is 5.46. The zero-order chi connectivity index (χ0) is 11.8. The summed E-state index contributed by atoms with van der Waals surface area (Å²) < 4.78 is 0. The van der Waals surface area contributed by atoms with Crippen LogP contribution in [0.25, 0.3) is 0 Å². The average Bonchev–Trinajstić information content (AvgIpc) is 2.34. The van der Waals surface area contributed by atoms with E-state index in [1.807, 2.05) is 4.90 Å². The van der Waals surface area contributed by atoms with E-state index in [2.05, 4.69) is 6.92 Å². The molecule has 0 aromatic carbocycles. The molecule has 0 aliphatic heterocycles. The van der Waals surface area contributed by atoms with E-state index in [1.165, 1.54) is 32.1 Å². The molecule has 0 bridgehead atoms. The van der Waals surface area contributed by atoms with Crippen LogP contribution in [0.3, 0.4) is 0 Å². The van der Waals surface area contributed by atoms with Crippen LogP contribution < -0.4 is 5.73 Å². The molecule has 1 saturated carbocycles. The number of rotatable bonds is 6. The van der Waals surface area contributed by atoms with Crippen molar-refractivity contribution in [3.8, 4) is 0 Å². The van der Waals surface area contributed by atoms with Crippen LogP contribution in [0.2, 0.25) is 0 Å². The first-order valence-corrected chi connectivity index (χ1v) is 6.75. The summed E-state index contributed by atoms with van der Waals surface area (Å²) in [5, 5.41) is 0. The largest absolute Gasteiger partial charge is 0.341 e. The summed E-state index contributed by atoms with van der Waals surface area (Å²) in [6.45, 7) is 4.15. The molecule has 94 valence electrons. The van der Waals surface area contributed by atoms with Crippen molar-refractivity contribution in [1.82, 2.24) is 4.90 Å². The number of carbonyl (C=O) groups is 1. The maximum Gasteiger partial charge on any atom is 0.236 e. The Labute approximate surface area is 99.4 Å². The lowest BCUT2D eigenvalue weighted by Crippen LogP contribution is -2.40. The quantitative estimate of drug-likeness (QED) is 0.754. The number of nitrogens with zero attached hydrogens (tertiary/aromatic N) is 1. The number of hydrogen-bond acceptors (Lipinski definition) is 2. The third-order valence-electron chi connectivity index (χ3n) is 3.51. The number of amides is 1. The first-order chi connectivity index (χ1) is 7.77. The maximum atomic E-state index is 11.7. The van der Waals surface area contributed by atoms with Crippen molar-refractivity contribution in [2.24, 2.45) is 11.7 Å². The molecule has 1 aliphatic carbocycles. The van der Waals surface area contributed by atoms with Crippen LogP contribution in [0.1, 0.15) is 51.9 Å². The highest BCUT2D eigenvalue weighted by molar-refractivity contribution is 5.78. The minimum atomic E-state index is 0.124. The highest BCUT2D eigenvalue weighted by atomic mass is 16.2. The summed E-state index contributed by atoms with van der Waals surface area (Å²) in [4.78, 5) is 13.7. The lowest BCUT2D eigenvalue weighted by atomic mass is 9.89. The van der Waals surface area contributed by atoms with Crippen molar-refractivity contribution in [2.75, 3.05) is 19.6 Å². The van der Waals surface area contributed by atoms with Crippen molar-refractivity contribution in [1.29, 1.82) is 0 Å². The normalized spacial score (nSPS) is 17.4. The first kappa shape index (κ1) is 13.5. The van der Waals surface area contributed by atoms with Gasteiger partial charge in [0.25, 0.3) is 0 Å². The van der Waals surface area contributed by atoms with E-state index in [0.29, 0.717) is 0 Å². The van der Waals surface area contributed by atoms with Crippen molar-refractivity contribution in [2.45, 2.75) is 51.9 Å². The molecular formula is C13H26N2O. The molecule has 0 aromatic heterocycles. The monoisotopic (exact) mass is 226 g/mol. The Hall–Kier alpha value is -0.570. The Morgan fingerprint density at radius 1 is 1.31 bits per heavy atom. The fourth-order valence-corrected chi connectivity index (χ4v) is 2.48. The summed E-state index contributed by atoms with van der Waals surface area (Å²) in [6.07, 6.45) is 8.86. The molecule has 1 amide bonds. The molecule has 3 heteroatoms. The van der Waals surface area contributed by atoms with Gasteiger partial charge in [-0.15, -0.1) is 0 Å². The molecule has 0 radical (unpaired) electrons. The predicted molar refractivity (Wildman–Crippen MR) is 67.1 cm³/mol. The van der Waals surface area contributed by atoms with Crippen LogP contribution in [0.5, 0.6) is 0 Å². The van der Waals surface area contributed by atoms with Crippen LogP contribution in [0.4, 0.5) is 0 Å². The second-order valence-electron chi connectivity index (χ2n) is 4.90. The molecule has 1 fully saturated rings. The zero-order valence-corrected chi connectivity index (χ0v) is 10.6. The van der Waals surface area contributed by atoms with Crippen molar-refractivity contribution in [3.05, 3.63) is 0 Å². The summed E-state index contributed by atoms with van der Waals surface area (Å²) in [7, 11) is 0. The highest BCUT2D eigenvalue weighted by Gasteiger charge is 2.19. The van der Waals surface area contributed by atoms with Gasteiger partial charge in [0, 0.05) is 13.1 Å². The van der Waals surface area contributed by atoms with Gasteiger partial charge in [-0.25, -0.2) is 0 Å². The zero-order valence-electron chi connectivity index (χ0n) is 10.6. The Morgan fingerprint density at radius 2 is 2.00 bits per heavy atom. The topological polar surface area (TPSA) is 46.3 Å². The van der Waals surface area contributed by atoms with Gasteiger partial charge in [-0.3, -0.25) is 4.79 Å². The molecule has 0 unspecified atom stereocenters. The Balaban J connectivity index is 2.38. The Morgan fingerprint density at radius 3 is 2.56 bits per heavy atom. The SMILES string of the molecule is CCCCN(CC1CCCCC1)C(=O)CN. The fraction of sp³-hybridized carbons (Fsp3) is 0.923. The number of nitrogens with two attached hydrogens (primary N) is 1. The molecular weight excluding hydrogens is 200 g/mol. The van der Waals surface area contributed by atoms with E-state index < -0.39 is 0 Å². The van der Waals surface area contributed by atoms with E-state index in [-0.39, 0.29) is 12.5 Å². The van der Waals surface area contributed by atoms with Gasteiger partial charge in [0.1, 0.15) is 0 Å². The van der Waals surface area contributed by atoms with E-state index in [9.17, 15) is 4.79 Å². The second-order valence-corrected chi connectivity index (χ2v) is 4.90. The number of unbranched alkanes of at least 4 members (excludes halogenated alkanes) is 1. The van der Waals surface area contributed by atoms with Crippen LogP contribution >= 0.6 is 0 Å². The summed E-state index contributed by atoms with van der Waals surface area (Å²) >= 11 is 0. The molecule has 2 N–H and O–H groups in total. The van der Waals surface area contributed by atoms with Crippen molar-refractivity contribution >= 4 is 5.91 Å². The number of carbonyl (C=O) groups excluding carboxylic acids is 1. The summed E-state index contributed by atoms with van der Waals surface area (Å²) in [5.74, 6) is 0.847. The predicted octanol–water partition coefficient (Wildman–Crippen LogP) is 2.15. The average molecular weight is 226 g/mol. The van der Waals surface area contributed by atoms with Crippen molar-refractivity contribution < 1.29 is 4.79 Å². The number of hydrogen-bond donors (Lipinski definition) is 1. The third-order valence-corrected chi connectivity index (χ3v) is 3.51. The van der Waals surface area contributed by atoms with Gasteiger partial charge < -0.3 is 10.6 Å². The van der Waals surface area contributed by atoms with Gasteiger partial charge in [0.05, 0.1) is 6.54 Å². The van der Waals surface area contributed by atoms with Crippen molar-refractivity contribution in [3.63, 3.8) is 0 Å². The van der Waals surface area contributed by atoms with Crippen LogP contribution in [0.15, 0.2) is 0 Å². The van der Waals surface area contributed by atoms with Gasteiger partial charge >= 0.3 is 0 Å². The minimum absolute atomic E-state index is 0.124. The molecule has 1 aliphatic rings. The minimum Gasteiger partial charge on any atom is -0.341 e. The van der Waals surface area contributed by atoms with Crippen LogP contribution in [0, 0.1) is 5.92 Å². The second kappa shape index (κ2) is 7.66. The Bertz CT molecular complexity index is 200. The van der Waals surface area contributed by atoms with E-state index in [4.69, 9.17) is 5.73 Å². The van der Waals surface area contributed by atoms with Gasteiger partial charge in [-0.05, 0) is 25.2 Å². The lowest BCUT2D eigenvalue weighted by molar-refractivity contribution is -0.130. The van der Waals surface area contributed by atoms with Crippen LogP contribution in [-0.4, -0.2) is 30.4 Å². The molecule has 0 heterocycles. The van der Waals surface area contributed by atoms with Gasteiger partial charge in [-0.1, -0.05) is 32.6 Å². The third kappa shape index (κ3) is 4.52. The van der Waals surface area contributed by atoms with Gasteiger partial charge in [-0.2, -0.15) is 0 Å².